The van der Waals surface area contributed by atoms with Crippen molar-refractivity contribution in [2.24, 2.45) is 0 Å². The molecule has 0 saturated carbocycles. The smallest absolute Gasteiger partial charge is 0.267 e. The molecule has 1 saturated heterocycles. The average molecular weight is 426 g/mol. The van der Waals surface area contributed by atoms with Crippen molar-refractivity contribution in [1.29, 1.82) is 0 Å². The van der Waals surface area contributed by atoms with Crippen molar-refractivity contribution in [3.63, 3.8) is 0 Å². The highest BCUT2D eigenvalue weighted by molar-refractivity contribution is 7.17. The molecule has 29 heavy (non-hydrogen) atoms. The van der Waals surface area contributed by atoms with Gasteiger partial charge in [-0.2, -0.15) is 11.3 Å². The second kappa shape index (κ2) is 7.58. The Bertz CT molecular complexity index is 1160. The Balaban J connectivity index is 1.36. The van der Waals surface area contributed by atoms with E-state index in [1.165, 1.54) is 11.3 Å². The van der Waals surface area contributed by atoms with Crippen LogP contribution in [-0.4, -0.2) is 47.2 Å². The third-order valence-electron chi connectivity index (χ3n) is 4.81. The quantitative estimate of drug-likeness (QED) is 0.513. The van der Waals surface area contributed by atoms with Crippen molar-refractivity contribution in [2.75, 3.05) is 36.5 Å². The second-order valence-corrected chi connectivity index (χ2v) is 8.57. The van der Waals surface area contributed by atoms with E-state index in [9.17, 15) is 4.79 Å². The van der Waals surface area contributed by atoms with E-state index in [0.717, 1.165) is 52.0 Å². The van der Waals surface area contributed by atoms with Gasteiger partial charge in [0.2, 0.25) is 5.95 Å². The van der Waals surface area contributed by atoms with Crippen LogP contribution < -0.4 is 10.2 Å². The number of fused-ring (bicyclic) bond motifs is 1. The van der Waals surface area contributed by atoms with Gasteiger partial charge >= 0.3 is 0 Å². The highest BCUT2D eigenvalue weighted by atomic mass is 32.1. The number of nitrogens with zero attached hydrogens (tertiary/aromatic N) is 3. The van der Waals surface area contributed by atoms with Gasteiger partial charge in [0, 0.05) is 29.7 Å². The van der Waals surface area contributed by atoms with Gasteiger partial charge in [0.05, 0.1) is 29.9 Å². The van der Waals surface area contributed by atoms with Gasteiger partial charge in [-0.25, -0.2) is 9.97 Å². The number of amides is 1. The lowest BCUT2D eigenvalue weighted by atomic mass is 10.2. The van der Waals surface area contributed by atoms with E-state index < -0.39 is 0 Å². The monoisotopic (exact) mass is 425 g/mol. The van der Waals surface area contributed by atoms with Crippen LogP contribution in [0.5, 0.6) is 0 Å². The fraction of sp³-hybridized carbons (Fsp3) is 0.250. The largest absolute Gasteiger partial charge is 0.378 e. The van der Waals surface area contributed by atoms with Gasteiger partial charge in [0.1, 0.15) is 9.88 Å². The van der Waals surface area contributed by atoms with Gasteiger partial charge in [0.25, 0.3) is 5.91 Å². The zero-order valence-corrected chi connectivity index (χ0v) is 17.4. The SMILES string of the molecule is Cc1nc(-c2ccsc2)sc1C(=O)Nc1ccc2nc(N3CCOCC3)[nH]c2c1. The molecule has 1 aliphatic heterocycles. The van der Waals surface area contributed by atoms with Gasteiger partial charge in [-0.1, -0.05) is 0 Å². The molecule has 1 amide bonds. The Kier molecular flexibility index (Phi) is 4.78. The second-order valence-electron chi connectivity index (χ2n) is 6.79. The maximum atomic E-state index is 12.8. The number of morpholine rings is 1. The molecule has 4 heterocycles. The Morgan fingerprint density at radius 3 is 2.90 bits per heavy atom. The molecule has 4 aromatic rings. The fourth-order valence-corrected chi connectivity index (χ4v) is 4.98. The molecule has 5 rings (SSSR count). The molecule has 0 atom stereocenters. The summed E-state index contributed by atoms with van der Waals surface area (Å²) in [5.41, 5.74) is 4.29. The Morgan fingerprint density at radius 2 is 2.10 bits per heavy atom. The van der Waals surface area contributed by atoms with Crippen LogP contribution >= 0.6 is 22.7 Å². The summed E-state index contributed by atoms with van der Waals surface area (Å²) >= 11 is 3.04. The summed E-state index contributed by atoms with van der Waals surface area (Å²) in [6.45, 7) is 4.93. The summed E-state index contributed by atoms with van der Waals surface area (Å²) in [6, 6.07) is 7.73. The molecule has 1 aromatic carbocycles. The summed E-state index contributed by atoms with van der Waals surface area (Å²) in [5, 5.41) is 7.91. The molecule has 1 aliphatic rings. The van der Waals surface area contributed by atoms with E-state index in [4.69, 9.17) is 4.74 Å². The number of ether oxygens (including phenoxy) is 1. The summed E-state index contributed by atoms with van der Waals surface area (Å²) in [4.78, 5) is 28.2. The molecule has 3 aromatic heterocycles. The lowest BCUT2D eigenvalue weighted by molar-refractivity contribution is 0.103. The number of aromatic amines is 1. The number of aryl methyl sites for hydroxylation is 1. The molecule has 1 fully saturated rings. The lowest BCUT2D eigenvalue weighted by Gasteiger charge is -2.26. The van der Waals surface area contributed by atoms with Crippen molar-refractivity contribution in [3.8, 4) is 10.6 Å². The number of benzene rings is 1. The number of carbonyl (C=O) groups excluding carboxylic acids is 1. The van der Waals surface area contributed by atoms with E-state index in [0.29, 0.717) is 18.1 Å². The van der Waals surface area contributed by atoms with Crippen molar-refractivity contribution in [1.82, 2.24) is 15.0 Å². The molecule has 2 N–H and O–H groups in total. The molecular weight excluding hydrogens is 406 g/mol. The number of H-pyrrole nitrogens is 1. The molecule has 0 radical (unpaired) electrons. The summed E-state index contributed by atoms with van der Waals surface area (Å²) in [6.07, 6.45) is 0. The van der Waals surface area contributed by atoms with Crippen LogP contribution in [-0.2, 0) is 4.74 Å². The van der Waals surface area contributed by atoms with Crippen molar-refractivity contribution < 1.29 is 9.53 Å². The number of rotatable bonds is 4. The minimum atomic E-state index is -0.145. The first kappa shape index (κ1) is 18.3. The van der Waals surface area contributed by atoms with Crippen LogP contribution in [0.2, 0.25) is 0 Å². The molecule has 0 aliphatic carbocycles. The van der Waals surface area contributed by atoms with Gasteiger partial charge in [-0.15, -0.1) is 11.3 Å². The molecule has 0 spiro atoms. The van der Waals surface area contributed by atoms with Crippen LogP contribution in [0.15, 0.2) is 35.0 Å². The first-order chi connectivity index (χ1) is 14.2. The van der Waals surface area contributed by atoms with Crippen LogP contribution in [0.3, 0.4) is 0 Å². The number of imidazole rings is 1. The van der Waals surface area contributed by atoms with E-state index >= 15 is 0 Å². The first-order valence-corrected chi connectivity index (χ1v) is 11.1. The third kappa shape index (κ3) is 3.64. The molecule has 7 nitrogen and oxygen atoms in total. The molecule has 148 valence electrons. The summed E-state index contributed by atoms with van der Waals surface area (Å²) in [7, 11) is 0. The minimum Gasteiger partial charge on any atom is -0.378 e. The van der Waals surface area contributed by atoms with Gasteiger partial charge in [-0.3, -0.25) is 4.79 Å². The first-order valence-electron chi connectivity index (χ1n) is 9.31. The van der Waals surface area contributed by atoms with Crippen molar-refractivity contribution in [2.45, 2.75) is 6.92 Å². The predicted octanol–water partition coefficient (Wildman–Crippen LogP) is 4.15. The third-order valence-corrected chi connectivity index (χ3v) is 6.70. The highest BCUT2D eigenvalue weighted by Gasteiger charge is 2.18. The van der Waals surface area contributed by atoms with E-state index in [1.807, 2.05) is 41.9 Å². The minimum absolute atomic E-state index is 0.145. The van der Waals surface area contributed by atoms with Crippen LogP contribution in [0.4, 0.5) is 11.6 Å². The maximum absolute atomic E-state index is 12.8. The molecule has 0 unspecified atom stereocenters. The number of thiazole rings is 1. The van der Waals surface area contributed by atoms with Gasteiger partial charge < -0.3 is 19.9 Å². The zero-order valence-electron chi connectivity index (χ0n) is 15.8. The normalized spacial score (nSPS) is 14.4. The number of anilines is 2. The zero-order chi connectivity index (χ0) is 19.8. The van der Waals surface area contributed by atoms with E-state index in [-0.39, 0.29) is 5.91 Å². The average Bonchev–Trinajstić information content (AvgIpc) is 3.47. The van der Waals surface area contributed by atoms with Crippen molar-refractivity contribution >= 4 is 51.2 Å². The van der Waals surface area contributed by atoms with Crippen LogP contribution in [0.1, 0.15) is 15.4 Å². The molecule has 9 heteroatoms. The topological polar surface area (TPSA) is 83.1 Å². The lowest BCUT2D eigenvalue weighted by Crippen LogP contribution is -2.36. The predicted molar refractivity (Wildman–Crippen MR) is 117 cm³/mol. The Labute approximate surface area is 175 Å². The number of carbonyl (C=O) groups is 1. The van der Waals surface area contributed by atoms with Crippen molar-refractivity contribution in [3.05, 3.63) is 45.6 Å². The molecule has 0 bridgehead atoms. The number of aromatic nitrogens is 3. The Morgan fingerprint density at radius 1 is 1.24 bits per heavy atom. The summed E-state index contributed by atoms with van der Waals surface area (Å²) < 4.78 is 5.40. The highest BCUT2D eigenvalue weighted by Crippen LogP contribution is 2.30. The number of thiophene rings is 1. The van der Waals surface area contributed by atoms with E-state index in [1.54, 1.807) is 11.3 Å². The van der Waals surface area contributed by atoms with E-state index in [2.05, 4.69) is 25.2 Å². The molecular formula is C20H19N5O2S2. The Hall–Kier alpha value is -2.75. The van der Waals surface area contributed by atoms with Gasteiger partial charge in [0.15, 0.2) is 0 Å². The number of hydrogen-bond donors (Lipinski definition) is 2. The number of hydrogen-bond acceptors (Lipinski definition) is 7. The number of nitrogens with one attached hydrogen (secondary N) is 2. The van der Waals surface area contributed by atoms with Crippen LogP contribution in [0, 0.1) is 6.92 Å². The summed E-state index contributed by atoms with van der Waals surface area (Å²) in [5.74, 6) is 0.694. The fourth-order valence-electron chi connectivity index (χ4n) is 3.30. The standard InChI is InChI=1S/C20H19N5O2S2/c1-12-17(29-19(21-12)13-4-9-28-11-13)18(26)22-14-2-3-15-16(10-14)24-20(23-15)25-5-7-27-8-6-25/h2-4,9-11H,5-8H2,1H3,(H,22,26)(H,23,24). The van der Waals surface area contributed by atoms with Crippen LogP contribution in [0.25, 0.3) is 21.6 Å². The maximum Gasteiger partial charge on any atom is 0.267 e. The van der Waals surface area contributed by atoms with Gasteiger partial charge in [-0.05, 0) is 36.6 Å².